The Hall–Kier alpha value is -1.62. The molecule has 0 aliphatic rings. The molecule has 1 rings (SSSR count). The minimum absolute atomic E-state index is 0.0288. The number of carboxylic acids is 1. The number of hydrogen-bond donors (Lipinski definition) is 2. The number of carbonyl (C=O) groups excluding carboxylic acids is 1. The molecular weight excluding hydrogens is 232 g/mol. The molecule has 0 spiro atoms. The van der Waals surface area contributed by atoms with Gasteiger partial charge in [0.1, 0.15) is 5.15 Å². The highest BCUT2D eigenvalue weighted by atomic mass is 35.5. The Kier molecular flexibility index (Phi) is 4.72. The summed E-state index contributed by atoms with van der Waals surface area (Å²) in [5.41, 5.74) is 0.291. The van der Waals surface area contributed by atoms with Gasteiger partial charge in [-0.15, -0.1) is 0 Å². The molecule has 0 bridgehead atoms. The van der Waals surface area contributed by atoms with Crippen molar-refractivity contribution < 1.29 is 14.7 Å². The van der Waals surface area contributed by atoms with Crippen LogP contribution in [0.25, 0.3) is 0 Å². The van der Waals surface area contributed by atoms with Crippen LogP contribution in [0, 0.1) is 0 Å². The van der Waals surface area contributed by atoms with Crippen molar-refractivity contribution in [3.63, 3.8) is 0 Å². The van der Waals surface area contributed by atoms with Crippen molar-refractivity contribution >= 4 is 23.5 Å². The van der Waals surface area contributed by atoms with E-state index in [1.807, 2.05) is 0 Å². The molecule has 0 fully saturated rings. The van der Waals surface area contributed by atoms with Crippen LogP contribution in [0.3, 0.4) is 0 Å². The van der Waals surface area contributed by atoms with E-state index in [-0.39, 0.29) is 17.5 Å². The number of carbonyl (C=O) groups is 2. The summed E-state index contributed by atoms with van der Waals surface area (Å²) in [6.07, 6.45) is 1.91. The number of aromatic nitrogens is 1. The Morgan fingerprint density at radius 1 is 1.50 bits per heavy atom. The highest BCUT2D eigenvalue weighted by molar-refractivity contribution is 6.32. The van der Waals surface area contributed by atoms with E-state index >= 15 is 0 Å². The first-order valence-electron chi connectivity index (χ1n) is 4.72. The predicted octanol–water partition coefficient (Wildman–Crippen LogP) is 1.33. The number of carboxylic acid groups (broad SMARTS) is 1. The summed E-state index contributed by atoms with van der Waals surface area (Å²) in [7, 11) is 0. The minimum Gasteiger partial charge on any atom is -0.481 e. The maximum Gasteiger partial charge on any atom is 0.303 e. The zero-order valence-corrected chi connectivity index (χ0v) is 9.20. The minimum atomic E-state index is -0.881. The van der Waals surface area contributed by atoms with Crippen LogP contribution < -0.4 is 5.32 Å². The monoisotopic (exact) mass is 242 g/mol. The van der Waals surface area contributed by atoms with E-state index < -0.39 is 5.97 Å². The van der Waals surface area contributed by atoms with Gasteiger partial charge in [0.05, 0.1) is 5.56 Å². The highest BCUT2D eigenvalue weighted by Crippen LogP contribution is 2.10. The van der Waals surface area contributed by atoms with E-state index in [0.717, 1.165) is 0 Å². The predicted molar refractivity (Wildman–Crippen MR) is 58.5 cm³/mol. The first-order valence-corrected chi connectivity index (χ1v) is 5.09. The van der Waals surface area contributed by atoms with E-state index in [0.29, 0.717) is 18.5 Å². The van der Waals surface area contributed by atoms with Crippen molar-refractivity contribution in [2.24, 2.45) is 0 Å². The zero-order valence-electron chi connectivity index (χ0n) is 8.44. The standard InChI is InChI=1S/C10H11ClN2O3/c11-9-7(3-1-5-12-9)10(16)13-6-2-4-8(14)15/h1,3,5H,2,4,6H2,(H,13,16)(H,14,15). The Bertz CT molecular complexity index is 395. The summed E-state index contributed by atoms with van der Waals surface area (Å²) < 4.78 is 0. The molecule has 0 saturated heterocycles. The molecule has 0 unspecified atom stereocenters. The van der Waals surface area contributed by atoms with Crippen molar-refractivity contribution in [2.45, 2.75) is 12.8 Å². The number of nitrogens with zero attached hydrogens (tertiary/aromatic N) is 1. The Morgan fingerprint density at radius 2 is 2.25 bits per heavy atom. The number of halogens is 1. The van der Waals surface area contributed by atoms with E-state index in [1.165, 1.54) is 6.20 Å². The molecule has 5 nitrogen and oxygen atoms in total. The van der Waals surface area contributed by atoms with E-state index in [9.17, 15) is 9.59 Å². The van der Waals surface area contributed by atoms with Gasteiger partial charge < -0.3 is 10.4 Å². The molecule has 86 valence electrons. The van der Waals surface area contributed by atoms with E-state index in [1.54, 1.807) is 12.1 Å². The fraction of sp³-hybridized carbons (Fsp3) is 0.300. The third-order valence-electron chi connectivity index (χ3n) is 1.86. The van der Waals surface area contributed by atoms with Crippen LogP contribution >= 0.6 is 11.6 Å². The SMILES string of the molecule is O=C(O)CCCNC(=O)c1cccnc1Cl. The molecule has 0 aliphatic heterocycles. The van der Waals surface area contributed by atoms with Gasteiger partial charge in [0.25, 0.3) is 5.91 Å². The van der Waals surface area contributed by atoms with Crippen LogP contribution in [0.5, 0.6) is 0 Å². The lowest BCUT2D eigenvalue weighted by molar-refractivity contribution is -0.137. The number of pyridine rings is 1. The second-order valence-electron chi connectivity index (χ2n) is 3.09. The second-order valence-corrected chi connectivity index (χ2v) is 3.45. The van der Waals surface area contributed by atoms with Gasteiger partial charge in [-0.2, -0.15) is 0 Å². The Labute approximate surface area is 97.4 Å². The van der Waals surface area contributed by atoms with Crippen molar-refractivity contribution in [1.29, 1.82) is 0 Å². The van der Waals surface area contributed by atoms with Crippen molar-refractivity contribution in [2.75, 3.05) is 6.54 Å². The fourth-order valence-corrected chi connectivity index (χ4v) is 1.30. The van der Waals surface area contributed by atoms with Gasteiger partial charge in [-0.25, -0.2) is 4.98 Å². The van der Waals surface area contributed by atoms with Gasteiger partial charge in [0.2, 0.25) is 0 Å². The van der Waals surface area contributed by atoms with Crippen LogP contribution in [0.15, 0.2) is 18.3 Å². The summed E-state index contributed by atoms with van der Waals surface area (Å²) in [6, 6.07) is 3.17. The maximum absolute atomic E-state index is 11.5. The first kappa shape index (κ1) is 12.4. The Morgan fingerprint density at radius 3 is 2.88 bits per heavy atom. The lowest BCUT2D eigenvalue weighted by Gasteiger charge is -2.04. The average Bonchev–Trinajstić information content (AvgIpc) is 2.24. The quantitative estimate of drug-likeness (QED) is 0.603. The lowest BCUT2D eigenvalue weighted by atomic mass is 10.2. The number of aliphatic carboxylic acids is 1. The summed E-state index contributed by atoms with van der Waals surface area (Å²) >= 11 is 5.72. The van der Waals surface area contributed by atoms with Crippen LogP contribution in [0.2, 0.25) is 5.15 Å². The molecule has 6 heteroatoms. The molecule has 0 saturated carbocycles. The highest BCUT2D eigenvalue weighted by Gasteiger charge is 2.09. The third kappa shape index (κ3) is 3.86. The molecule has 0 atom stereocenters. The van der Waals surface area contributed by atoms with Gasteiger partial charge in [-0.05, 0) is 18.6 Å². The molecule has 0 aliphatic carbocycles. The number of rotatable bonds is 5. The van der Waals surface area contributed by atoms with Crippen molar-refractivity contribution in [1.82, 2.24) is 10.3 Å². The van der Waals surface area contributed by atoms with Crippen molar-refractivity contribution in [3.05, 3.63) is 29.0 Å². The molecule has 1 amide bonds. The number of hydrogen-bond acceptors (Lipinski definition) is 3. The first-order chi connectivity index (χ1) is 7.61. The molecule has 16 heavy (non-hydrogen) atoms. The molecule has 1 heterocycles. The average molecular weight is 243 g/mol. The van der Waals surface area contributed by atoms with Crippen LogP contribution in [0.1, 0.15) is 23.2 Å². The van der Waals surface area contributed by atoms with Gasteiger partial charge in [-0.1, -0.05) is 11.6 Å². The van der Waals surface area contributed by atoms with E-state index in [4.69, 9.17) is 16.7 Å². The molecule has 0 radical (unpaired) electrons. The lowest BCUT2D eigenvalue weighted by Crippen LogP contribution is -2.25. The van der Waals surface area contributed by atoms with Gasteiger partial charge in [-0.3, -0.25) is 9.59 Å². The summed E-state index contributed by atoms with van der Waals surface area (Å²) in [5, 5.41) is 11.1. The third-order valence-corrected chi connectivity index (χ3v) is 2.16. The van der Waals surface area contributed by atoms with Crippen LogP contribution in [-0.4, -0.2) is 28.5 Å². The zero-order chi connectivity index (χ0) is 12.0. The maximum atomic E-state index is 11.5. The fourth-order valence-electron chi connectivity index (χ4n) is 1.09. The largest absolute Gasteiger partial charge is 0.481 e. The Balaban J connectivity index is 2.41. The van der Waals surface area contributed by atoms with Gasteiger partial charge in [0.15, 0.2) is 0 Å². The van der Waals surface area contributed by atoms with Gasteiger partial charge >= 0.3 is 5.97 Å². The number of nitrogens with one attached hydrogen (secondary N) is 1. The molecule has 1 aromatic rings. The van der Waals surface area contributed by atoms with Crippen LogP contribution in [-0.2, 0) is 4.79 Å². The van der Waals surface area contributed by atoms with Crippen molar-refractivity contribution in [3.8, 4) is 0 Å². The molecule has 2 N–H and O–H groups in total. The number of amides is 1. The molecule has 1 aromatic heterocycles. The smallest absolute Gasteiger partial charge is 0.303 e. The second kappa shape index (κ2) is 6.07. The summed E-state index contributed by atoms with van der Waals surface area (Å²) in [6.45, 7) is 0.302. The molecule has 0 aromatic carbocycles. The topological polar surface area (TPSA) is 79.3 Å². The van der Waals surface area contributed by atoms with Crippen LogP contribution in [0.4, 0.5) is 0 Å². The van der Waals surface area contributed by atoms with E-state index in [2.05, 4.69) is 10.3 Å². The summed E-state index contributed by atoms with van der Waals surface area (Å²) in [5.74, 6) is -1.22. The molecular formula is C10H11ClN2O3. The summed E-state index contributed by atoms with van der Waals surface area (Å²) in [4.78, 5) is 25.5. The normalized spacial score (nSPS) is 9.81. The van der Waals surface area contributed by atoms with Gasteiger partial charge in [0, 0.05) is 19.2 Å².